The Morgan fingerprint density at radius 2 is 1.88 bits per heavy atom. The summed E-state index contributed by atoms with van der Waals surface area (Å²) >= 11 is 0. The molecule has 2 aromatic rings. The van der Waals surface area contributed by atoms with E-state index in [0.717, 1.165) is 43.0 Å². The lowest BCUT2D eigenvalue weighted by atomic mass is 10.2. The summed E-state index contributed by atoms with van der Waals surface area (Å²) in [4.78, 5) is 6.79. The molecule has 0 aliphatic carbocycles. The Hall–Kier alpha value is -1.51. The summed E-state index contributed by atoms with van der Waals surface area (Å²) in [6.07, 6.45) is 2.22. The summed E-state index contributed by atoms with van der Waals surface area (Å²) in [5.74, 6) is 0. The van der Waals surface area contributed by atoms with Crippen LogP contribution in [0, 0.1) is 6.92 Å². The van der Waals surface area contributed by atoms with Crippen LogP contribution in [0.1, 0.15) is 32.3 Å². The zero-order valence-corrected chi connectivity index (χ0v) is 10.9. The molecule has 0 spiro atoms. The minimum absolute atomic E-state index is 0.759. The van der Waals surface area contributed by atoms with E-state index in [0.29, 0.717) is 0 Å². The predicted octanol–water partition coefficient (Wildman–Crippen LogP) is 3.76. The molecule has 1 aromatic carbocycles. The normalized spacial score (nSPS) is 11.0. The Balaban J connectivity index is 2.33. The second kappa shape index (κ2) is 5.21. The molecule has 0 saturated carbocycles. The van der Waals surface area contributed by atoms with Crippen LogP contribution in [0.4, 0.5) is 6.01 Å². The quantitative estimate of drug-likeness (QED) is 0.786. The molecule has 1 aromatic heterocycles. The monoisotopic (exact) mass is 232 g/mol. The van der Waals surface area contributed by atoms with Gasteiger partial charge >= 0.3 is 0 Å². The molecule has 0 bridgehead atoms. The first-order valence-electron chi connectivity index (χ1n) is 6.36. The molecule has 0 aliphatic rings. The molecule has 0 radical (unpaired) electrons. The second-order valence-corrected chi connectivity index (χ2v) is 4.45. The summed E-state index contributed by atoms with van der Waals surface area (Å²) in [5.41, 5.74) is 3.05. The highest BCUT2D eigenvalue weighted by Gasteiger charge is 2.12. The van der Waals surface area contributed by atoms with Gasteiger partial charge in [-0.1, -0.05) is 19.9 Å². The van der Waals surface area contributed by atoms with E-state index >= 15 is 0 Å². The van der Waals surface area contributed by atoms with Crippen molar-refractivity contribution in [2.75, 3.05) is 18.0 Å². The fourth-order valence-corrected chi connectivity index (χ4v) is 2.00. The number of nitrogens with zero attached hydrogens (tertiary/aromatic N) is 2. The Bertz CT molecular complexity index is 484. The number of hydrogen-bond acceptors (Lipinski definition) is 3. The molecular formula is C14H20N2O. The van der Waals surface area contributed by atoms with Crippen LogP contribution in [0.3, 0.4) is 0 Å². The molecule has 1 heterocycles. The van der Waals surface area contributed by atoms with Crippen LogP contribution in [0.25, 0.3) is 11.1 Å². The highest BCUT2D eigenvalue weighted by molar-refractivity contribution is 5.75. The number of aryl methyl sites for hydroxylation is 1. The van der Waals surface area contributed by atoms with E-state index < -0.39 is 0 Å². The number of anilines is 1. The van der Waals surface area contributed by atoms with Crippen molar-refractivity contribution in [3.05, 3.63) is 23.8 Å². The van der Waals surface area contributed by atoms with Crippen molar-refractivity contribution < 1.29 is 4.42 Å². The van der Waals surface area contributed by atoms with Crippen molar-refractivity contribution in [3.63, 3.8) is 0 Å². The van der Waals surface area contributed by atoms with Crippen LogP contribution < -0.4 is 4.90 Å². The topological polar surface area (TPSA) is 29.3 Å². The average Bonchev–Trinajstić information content (AvgIpc) is 2.71. The fourth-order valence-electron chi connectivity index (χ4n) is 2.00. The maximum atomic E-state index is 5.81. The third-order valence-corrected chi connectivity index (χ3v) is 2.79. The number of oxazole rings is 1. The molecule has 3 heteroatoms. The first kappa shape index (κ1) is 12.0. The molecule has 0 aliphatic heterocycles. The lowest BCUT2D eigenvalue weighted by Crippen LogP contribution is -2.24. The Kier molecular flexibility index (Phi) is 3.67. The van der Waals surface area contributed by atoms with Crippen molar-refractivity contribution >= 4 is 17.1 Å². The lowest BCUT2D eigenvalue weighted by Gasteiger charge is -2.18. The molecule has 0 amide bonds. The van der Waals surface area contributed by atoms with Gasteiger partial charge in [-0.15, -0.1) is 0 Å². The molecule has 0 saturated heterocycles. The van der Waals surface area contributed by atoms with Gasteiger partial charge in [-0.3, -0.25) is 0 Å². The summed E-state index contributed by atoms with van der Waals surface area (Å²) in [7, 11) is 0. The number of rotatable bonds is 5. The molecule has 0 atom stereocenters. The second-order valence-electron chi connectivity index (χ2n) is 4.45. The maximum Gasteiger partial charge on any atom is 0.298 e. The standard InChI is InChI=1S/C14H20N2O/c1-4-8-16(9-5-2)14-15-12-10-11(3)6-7-13(12)17-14/h6-7,10H,4-5,8-9H2,1-3H3. The largest absolute Gasteiger partial charge is 0.423 e. The Morgan fingerprint density at radius 1 is 1.18 bits per heavy atom. The van der Waals surface area contributed by atoms with E-state index in [4.69, 9.17) is 4.42 Å². The van der Waals surface area contributed by atoms with Crippen molar-refractivity contribution in [1.29, 1.82) is 0 Å². The molecule has 92 valence electrons. The Labute approximate surface area is 102 Å². The number of aromatic nitrogens is 1. The van der Waals surface area contributed by atoms with Crippen LogP contribution in [0.5, 0.6) is 0 Å². The number of fused-ring (bicyclic) bond motifs is 1. The van der Waals surface area contributed by atoms with Gasteiger partial charge in [-0.25, -0.2) is 0 Å². The van der Waals surface area contributed by atoms with Gasteiger partial charge in [0.2, 0.25) is 0 Å². The van der Waals surface area contributed by atoms with E-state index in [2.05, 4.69) is 42.8 Å². The molecule has 2 rings (SSSR count). The third kappa shape index (κ3) is 2.60. The third-order valence-electron chi connectivity index (χ3n) is 2.79. The highest BCUT2D eigenvalue weighted by Crippen LogP contribution is 2.23. The van der Waals surface area contributed by atoms with Crippen LogP contribution in [0.15, 0.2) is 22.6 Å². The van der Waals surface area contributed by atoms with Gasteiger partial charge in [-0.05, 0) is 37.5 Å². The van der Waals surface area contributed by atoms with E-state index in [1.807, 2.05) is 6.07 Å². The summed E-state index contributed by atoms with van der Waals surface area (Å²) in [6.45, 7) is 8.42. The average molecular weight is 232 g/mol. The van der Waals surface area contributed by atoms with Gasteiger partial charge in [0, 0.05) is 13.1 Å². The van der Waals surface area contributed by atoms with Gasteiger partial charge in [0.15, 0.2) is 5.58 Å². The molecule has 0 unspecified atom stereocenters. The van der Waals surface area contributed by atoms with Crippen LogP contribution in [-0.4, -0.2) is 18.1 Å². The summed E-state index contributed by atoms with van der Waals surface area (Å²) < 4.78 is 5.81. The first-order chi connectivity index (χ1) is 8.24. The van der Waals surface area contributed by atoms with Crippen molar-refractivity contribution in [2.24, 2.45) is 0 Å². The number of benzene rings is 1. The van der Waals surface area contributed by atoms with Crippen LogP contribution >= 0.6 is 0 Å². The van der Waals surface area contributed by atoms with Crippen LogP contribution in [-0.2, 0) is 0 Å². The summed E-state index contributed by atoms with van der Waals surface area (Å²) in [6, 6.07) is 6.88. The smallest absolute Gasteiger partial charge is 0.298 e. The minimum atomic E-state index is 0.759. The van der Waals surface area contributed by atoms with Gasteiger partial charge in [0.05, 0.1) is 0 Å². The lowest BCUT2D eigenvalue weighted by molar-refractivity contribution is 0.560. The molecule has 0 fully saturated rings. The molecule has 17 heavy (non-hydrogen) atoms. The predicted molar refractivity (Wildman–Crippen MR) is 71.5 cm³/mol. The highest BCUT2D eigenvalue weighted by atomic mass is 16.4. The SMILES string of the molecule is CCCN(CCC)c1nc2cc(C)ccc2o1. The number of hydrogen-bond donors (Lipinski definition) is 0. The van der Waals surface area contributed by atoms with E-state index in [9.17, 15) is 0 Å². The Morgan fingerprint density at radius 3 is 2.53 bits per heavy atom. The van der Waals surface area contributed by atoms with Gasteiger partial charge in [0.25, 0.3) is 6.01 Å². The molecule has 3 nitrogen and oxygen atoms in total. The van der Waals surface area contributed by atoms with E-state index in [1.165, 1.54) is 5.56 Å². The van der Waals surface area contributed by atoms with Crippen molar-refractivity contribution in [2.45, 2.75) is 33.6 Å². The van der Waals surface area contributed by atoms with Crippen molar-refractivity contribution in [3.8, 4) is 0 Å². The zero-order valence-electron chi connectivity index (χ0n) is 10.9. The summed E-state index contributed by atoms with van der Waals surface area (Å²) in [5, 5.41) is 0. The van der Waals surface area contributed by atoms with E-state index in [-0.39, 0.29) is 0 Å². The van der Waals surface area contributed by atoms with Gasteiger partial charge in [-0.2, -0.15) is 4.98 Å². The van der Waals surface area contributed by atoms with Crippen molar-refractivity contribution in [1.82, 2.24) is 4.98 Å². The van der Waals surface area contributed by atoms with Gasteiger partial charge < -0.3 is 9.32 Å². The molecular weight excluding hydrogens is 212 g/mol. The minimum Gasteiger partial charge on any atom is -0.423 e. The first-order valence-corrected chi connectivity index (χ1v) is 6.36. The van der Waals surface area contributed by atoms with E-state index in [1.54, 1.807) is 0 Å². The zero-order chi connectivity index (χ0) is 12.3. The van der Waals surface area contributed by atoms with Crippen LogP contribution in [0.2, 0.25) is 0 Å². The molecule has 0 N–H and O–H groups in total. The fraction of sp³-hybridized carbons (Fsp3) is 0.500. The van der Waals surface area contributed by atoms with Gasteiger partial charge in [0.1, 0.15) is 5.52 Å². The maximum absolute atomic E-state index is 5.81.